The van der Waals surface area contributed by atoms with Gasteiger partial charge in [-0.1, -0.05) is 30.3 Å². The Balaban J connectivity index is 1.38. The average Bonchev–Trinajstić information content (AvgIpc) is 3.18. The fourth-order valence-electron chi connectivity index (χ4n) is 4.22. The number of amides is 2. The van der Waals surface area contributed by atoms with Crippen molar-refractivity contribution in [3.05, 3.63) is 82.7 Å². The van der Waals surface area contributed by atoms with Gasteiger partial charge in [0.15, 0.2) is 5.69 Å². The molecular formula is C26H31N5O3. The predicted octanol–water partition coefficient (Wildman–Crippen LogP) is 3.00. The summed E-state index contributed by atoms with van der Waals surface area (Å²) in [5, 5.41) is 10.4. The van der Waals surface area contributed by atoms with Gasteiger partial charge in [0.25, 0.3) is 11.8 Å². The van der Waals surface area contributed by atoms with Gasteiger partial charge in [-0.15, -0.1) is 0 Å². The number of fused-ring (bicyclic) bond motifs is 1. The molecule has 0 radical (unpaired) electrons. The number of carbonyl (C=O) groups excluding carboxylic acids is 2. The van der Waals surface area contributed by atoms with Crippen molar-refractivity contribution in [1.29, 1.82) is 0 Å². The number of nitrogens with zero attached hydrogens (tertiary/aromatic N) is 3. The van der Waals surface area contributed by atoms with Gasteiger partial charge in [-0.3, -0.25) is 19.2 Å². The zero-order valence-corrected chi connectivity index (χ0v) is 19.7. The molecule has 0 unspecified atom stereocenters. The maximum atomic E-state index is 12.9. The van der Waals surface area contributed by atoms with Gasteiger partial charge in [-0.2, -0.15) is 5.10 Å². The maximum absolute atomic E-state index is 12.9. The summed E-state index contributed by atoms with van der Waals surface area (Å²) in [6.45, 7) is 3.50. The molecule has 178 valence electrons. The van der Waals surface area contributed by atoms with Crippen molar-refractivity contribution in [3.63, 3.8) is 0 Å². The summed E-state index contributed by atoms with van der Waals surface area (Å²) in [6.07, 6.45) is 1.62. The van der Waals surface area contributed by atoms with Crippen molar-refractivity contribution in [2.45, 2.75) is 25.9 Å². The van der Waals surface area contributed by atoms with Gasteiger partial charge in [-0.25, -0.2) is 0 Å². The highest BCUT2D eigenvalue weighted by Crippen LogP contribution is 2.24. The summed E-state index contributed by atoms with van der Waals surface area (Å²) in [5.74, 6) is -0.263. The molecule has 0 fully saturated rings. The van der Waals surface area contributed by atoms with E-state index in [1.165, 1.54) is 0 Å². The zero-order chi connectivity index (χ0) is 23.9. The van der Waals surface area contributed by atoms with Crippen molar-refractivity contribution in [2.75, 3.05) is 32.1 Å². The van der Waals surface area contributed by atoms with Crippen LogP contribution in [0.1, 0.15) is 44.1 Å². The van der Waals surface area contributed by atoms with E-state index >= 15 is 0 Å². The highest BCUT2D eigenvalue weighted by Gasteiger charge is 2.27. The molecule has 0 aliphatic carbocycles. The van der Waals surface area contributed by atoms with Gasteiger partial charge in [0.05, 0.1) is 0 Å². The topological polar surface area (TPSA) is 88.5 Å². The van der Waals surface area contributed by atoms with Gasteiger partial charge >= 0.3 is 0 Å². The molecule has 8 heteroatoms. The molecule has 2 amide bonds. The van der Waals surface area contributed by atoms with E-state index in [9.17, 15) is 9.59 Å². The van der Waals surface area contributed by atoms with E-state index in [1.807, 2.05) is 66.3 Å². The molecule has 1 aliphatic heterocycles. The van der Waals surface area contributed by atoms with E-state index in [2.05, 4.69) is 20.6 Å². The molecule has 2 N–H and O–H groups in total. The second kappa shape index (κ2) is 11.1. The smallest absolute Gasteiger partial charge is 0.276 e. The fourth-order valence-corrected chi connectivity index (χ4v) is 4.22. The number of carbonyl (C=O) groups is 2. The van der Waals surface area contributed by atoms with Crippen LogP contribution in [0.5, 0.6) is 0 Å². The molecule has 0 spiro atoms. The number of hydrogen-bond donors (Lipinski definition) is 2. The second-order valence-electron chi connectivity index (χ2n) is 8.48. The van der Waals surface area contributed by atoms with Crippen molar-refractivity contribution in [2.24, 2.45) is 7.05 Å². The van der Waals surface area contributed by atoms with Crippen LogP contribution in [0, 0.1) is 0 Å². The van der Waals surface area contributed by atoms with Gasteiger partial charge in [0, 0.05) is 75.9 Å². The fraction of sp³-hybridized carbons (Fsp3) is 0.346. The van der Waals surface area contributed by atoms with Crippen LogP contribution in [0.3, 0.4) is 0 Å². The lowest BCUT2D eigenvalue weighted by molar-refractivity contribution is 0.0947. The largest absolute Gasteiger partial charge is 0.385 e. The van der Waals surface area contributed by atoms with Crippen molar-refractivity contribution in [1.82, 2.24) is 20.0 Å². The Kier molecular flexibility index (Phi) is 7.72. The molecule has 34 heavy (non-hydrogen) atoms. The number of para-hydroxylation sites is 1. The van der Waals surface area contributed by atoms with E-state index in [0.29, 0.717) is 31.0 Å². The molecule has 0 saturated carbocycles. The molecule has 1 aromatic heterocycles. The number of nitrogens with one attached hydrogen (secondary N) is 2. The van der Waals surface area contributed by atoms with E-state index in [0.717, 1.165) is 48.4 Å². The minimum atomic E-state index is -0.189. The first-order chi connectivity index (χ1) is 16.5. The van der Waals surface area contributed by atoms with Crippen LogP contribution < -0.4 is 10.6 Å². The minimum Gasteiger partial charge on any atom is -0.385 e. The first-order valence-corrected chi connectivity index (χ1v) is 11.5. The van der Waals surface area contributed by atoms with Gasteiger partial charge in [0.2, 0.25) is 0 Å². The van der Waals surface area contributed by atoms with Crippen LogP contribution in [0.15, 0.2) is 54.6 Å². The van der Waals surface area contributed by atoms with E-state index < -0.39 is 0 Å². The van der Waals surface area contributed by atoms with E-state index in [-0.39, 0.29) is 11.8 Å². The summed E-state index contributed by atoms with van der Waals surface area (Å²) in [4.78, 5) is 27.5. The third-order valence-electron chi connectivity index (χ3n) is 6.00. The van der Waals surface area contributed by atoms with E-state index in [1.54, 1.807) is 7.11 Å². The lowest BCUT2D eigenvalue weighted by Gasteiger charge is -2.27. The van der Waals surface area contributed by atoms with Crippen molar-refractivity contribution in [3.8, 4) is 0 Å². The number of rotatable bonds is 9. The summed E-state index contributed by atoms with van der Waals surface area (Å²) < 4.78 is 6.83. The Morgan fingerprint density at radius 3 is 2.56 bits per heavy atom. The first-order valence-electron chi connectivity index (χ1n) is 11.5. The van der Waals surface area contributed by atoms with Crippen LogP contribution in [0.2, 0.25) is 0 Å². The number of ether oxygens (including phenoxy) is 1. The van der Waals surface area contributed by atoms with Crippen molar-refractivity contribution >= 4 is 17.5 Å². The summed E-state index contributed by atoms with van der Waals surface area (Å²) in [6, 6.07) is 17.1. The Morgan fingerprint density at radius 2 is 1.82 bits per heavy atom. The summed E-state index contributed by atoms with van der Waals surface area (Å²) in [7, 11) is 3.55. The summed E-state index contributed by atoms with van der Waals surface area (Å²) >= 11 is 0. The maximum Gasteiger partial charge on any atom is 0.276 e. The number of aromatic nitrogens is 2. The predicted molar refractivity (Wildman–Crippen MR) is 131 cm³/mol. The molecule has 2 heterocycles. The third kappa shape index (κ3) is 5.70. The number of hydrogen-bond acceptors (Lipinski definition) is 5. The zero-order valence-electron chi connectivity index (χ0n) is 19.7. The molecule has 4 rings (SSSR count). The average molecular weight is 462 g/mol. The highest BCUT2D eigenvalue weighted by molar-refractivity contribution is 6.04. The minimum absolute atomic E-state index is 0.0744. The lowest BCUT2D eigenvalue weighted by Crippen LogP contribution is -2.31. The molecule has 0 bridgehead atoms. The highest BCUT2D eigenvalue weighted by atomic mass is 16.5. The number of benzene rings is 2. The number of anilines is 1. The third-order valence-corrected chi connectivity index (χ3v) is 6.00. The molecular weight excluding hydrogens is 430 g/mol. The number of aryl methyl sites for hydroxylation is 1. The Labute approximate surface area is 199 Å². The quantitative estimate of drug-likeness (QED) is 0.479. The first kappa shape index (κ1) is 23.7. The second-order valence-corrected chi connectivity index (χ2v) is 8.48. The molecule has 1 aliphatic rings. The lowest BCUT2D eigenvalue weighted by atomic mass is 10.0. The standard InChI is InChI=1S/C26H31N5O3/c1-30-23-13-15-31(17-19-9-11-20(12-10-19)25(32)27-14-6-16-34-2)18-22(23)24(29-30)26(33)28-21-7-4-3-5-8-21/h3-5,7-12H,6,13-18H2,1-2H3,(H,27,32)(H,28,33). The Hall–Kier alpha value is -3.49. The van der Waals surface area contributed by atoms with Crippen molar-refractivity contribution < 1.29 is 14.3 Å². The Bertz CT molecular complexity index is 1130. The summed E-state index contributed by atoms with van der Waals surface area (Å²) in [5.41, 5.74) is 5.09. The Morgan fingerprint density at radius 1 is 1.06 bits per heavy atom. The van der Waals surface area contributed by atoms with Gasteiger partial charge < -0.3 is 15.4 Å². The monoisotopic (exact) mass is 461 g/mol. The molecule has 2 aromatic carbocycles. The molecule has 3 aromatic rings. The van der Waals surface area contributed by atoms with Crippen LogP contribution in [-0.4, -0.2) is 53.3 Å². The normalized spacial score (nSPS) is 13.4. The SMILES string of the molecule is COCCCNC(=O)c1ccc(CN2CCc3c(c(C(=O)Nc4ccccc4)nn3C)C2)cc1. The van der Waals surface area contributed by atoms with Gasteiger partial charge in [0.1, 0.15) is 0 Å². The van der Waals surface area contributed by atoms with Crippen LogP contribution in [0.4, 0.5) is 5.69 Å². The molecule has 0 atom stereocenters. The molecule has 0 saturated heterocycles. The molecule has 8 nitrogen and oxygen atoms in total. The van der Waals surface area contributed by atoms with Gasteiger partial charge in [-0.05, 0) is 36.2 Å². The number of methoxy groups -OCH3 is 1. The van der Waals surface area contributed by atoms with E-state index in [4.69, 9.17) is 4.74 Å². The van der Waals surface area contributed by atoms with Crippen LogP contribution in [0.25, 0.3) is 0 Å². The van der Waals surface area contributed by atoms with Crippen LogP contribution >= 0.6 is 0 Å². The van der Waals surface area contributed by atoms with Crippen LogP contribution in [-0.2, 0) is 31.3 Å².